The normalized spacial score (nSPS) is 11.0. The van der Waals surface area contributed by atoms with E-state index in [0.717, 1.165) is 12.8 Å². The van der Waals surface area contributed by atoms with Crippen LogP contribution in [-0.2, 0) is 10.0 Å². The summed E-state index contributed by atoms with van der Waals surface area (Å²) in [5.74, 6) is 0.218. The van der Waals surface area contributed by atoms with Gasteiger partial charge in [0.15, 0.2) is 0 Å². The smallest absolute Gasteiger partial charge is 0.261 e. The molecule has 0 bridgehead atoms. The molecule has 0 saturated heterocycles. The minimum atomic E-state index is -3.79. The standard InChI is InChI=1S/C18H21ClN2O4S/c1-3-4-11-20-18(22)16-12-13(5-10-17(16)19)21-26(23,24)15-8-6-14(25-2)7-9-15/h5-10,12,21H,3-4,11H2,1-2H3,(H,20,22). The maximum Gasteiger partial charge on any atom is 0.261 e. The van der Waals surface area contributed by atoms with Crippen LogP contribution in [0.1, 0.15) is 30.1 Å². The van der Waals surface area contributed by atoms with Gasteiger partial charge in [0, 0.05) is 12.2 Å². The third kappa shape index (κ3) is 5.12. The van der Waals surface area contributed by atoms with Crippen molar-refractivity contribution in [3.63, 3.8) is 0 Å². The lowest BCUT2D eigenvalue weighted by Crippen LogP contribution is -2.25. The summed E-state index contributed by atoms with van der Waals surface area (Å²) in [5, 5.41) is 3.02. The van der Waals surface area contributed by atoms with Gasteiger partial charge in [0.05, 0.1) is 22.6 Å². The van der Waals surface area contributed by atoms with Crippen molar-refractivity contribution >= 4 is 33.2 Å². The number of halogens is 1. The number of benzene rings is 2. The second-order valence-electron chi connectivity index (χ2n) is 5.59. The number of rotatable bonds is 8. The molecule has 0 aliphatic heterocycles. The van der Waals surface area contributed by atoms with E-state index in [4.69, 9.17) is 16.3 Å². The first kappa shape index (κ1) is 20.1. The van der Waals surface area contributed by atoms with Gasteiger partial charge in [0.1, 0.15) is 5.75 Å². The van der Waals surface area contributed by atoms with Crippen LogP contribution >= 0.6 is 11.6 Å². The predicted molar refractivity (Wildman–Crippen MR) is 102 cm³/mol. The Kier molecular flexibility index (Phi) is 6.88. The number of carbonyl (C=O) groups excluding carboxylic acids is 1. The summed E-state index contributed by atoms with van der Waals surface area (Å²) >= 11 is 6.07. The Bertz CT molecular complexity index is 867. The maximum atomic E-state index is 12.5. The molecule has 2 aromatic rings. The fraction of sp³-hybridized carbons (Fsp3) is 0.278. The summed E-state index contributed by atoms with van der Waals surface area (Å²) in [6.45, 7) is 2.56. The van der Waals surface area contributed by atoms with Gasteiger partial charge in [-0.15, -0.1) is 0 Å². The zero-order chi connectivity index (χ0) is 19.2. The van der Waals surface area contributed by atoms with Gasteiger partial charge in [-0.05, 0) is 48.9 Å². The van der Waals surface area contributed by atoms with E-state index >= 15 is 0 Å². The van der Waals surface area contributed by atoms with E-state index in [1.54, 1.807) is 12.1 Å². The maximum absolute atomic E-state index is 12.5. The molecule has 2 rings (SSSR count). The Labute approximate surface area is 158 Å². The van der Waals surface area contributed by atoms with E-state index in [9.17, 15) is 13.2 Å². The molecule has 140 valence electrons. The van der Waals surface area contributed by atoms with Crippen LogP contribution in [0.15, 0.2) is 47.4 Å². The highest BCUT2D eigenvalue weighted by atomic mass is 35.5. The Morgan fingerprint density at radius 3 is 2.46 bits per heavy atom. The molecule has 26 heavy (non-hydrogen) atoms. The molecule has 8 heteroatoms. The summed E-state index contributed by atoms with van der Waals surface area (Å²) in [6.07, 6.45) is 1.81. The minimum Gasteiger partial charge on any atom is -0.497 e. The topological polar surface area (TPSA) is 84.5 Å². The molecule has 0 atom stereocenters. The summed E-state index contributed by atoms with van der Waals surface area (Å²) in [4.78, 5) is 12.3. The van der Waals surface area contributed by atoms with Crippen LogP contribution in [0, 0.1) is 0 Å². The molecule has 0 aliphatic rings. The third-order valence-corrected chi connectivity index (χ3v) is 5.38. The molecular weight excluding hydrogens is 376 g/mol. The average Bonchev–Trinajstić information content (AvgIpc) is 2.63. The highest BCUT2D eigenvalue weighted by molar-refractivity contribution is 7.92. The molecule has 0 spiro atoms. The Balaban J connectivity index is 2.20. The van der Waals surface area contributed by atoms with Crippen molar-refractivity contribution in [3.8, 4) is 5.75 Å². The Morgan fingerprint density at radius 2 is 1.85 bits per heavy atom. The van der Waals surface area contributed by atoms with Gasteiger partial charge in [-0.3, -0.25) is 9.52 Å². The predicted octanol–water partition coefficient (Wildman–Crippen LogP) is 3.68. The molecule has 0 fully saturated rings. The number of sulfonamides is 1. The van der Waals surface area contributed by atoms with Gasteiger partial charge in [0.25, 0.3) is 15.9 Å². The van der Waals surface area contributed by atoms with E-state index in [-0.39, 0.29) is 27.1 Å². The molecular formula is C18H21ClN2O4S. The lowest BCUT2D eigenvalue weighted by atomic mass is 10.2. The molecule has 0 heterocycles. The van der Waals surface area contributed by atoms with Gasteiger partial charge < -0.3 is 10.1 Å². The molecule has 0 saturated carbocycles. The summed E-state index contributed by atoms with van der Waals surface area (Å²) in [7, 11) is -2.29. The highest BCUT2D eigenvalue weighted by Gasteiger charge is 2.17. The third-order valence-electron chi connectivity index (χ3n) is 3.65. The van der Waals surface area contributed by atoms with E-state index in [0.29, 0.717) is 12.3 Å². The largest absolute Gasteiger partial charge is 0.497 e. The van der Waals surface area contributed by atoms with E-state index in [1.165, 1.54) is 37.4 Å². The summed E-state index contributed by atoms with van der Waals surface area (Å²) in [5.41, 5.74) is 0.476. The van der Waals surface area contributed by atoms with Crippen LogP contribution in [0.2, 0.25) is 5.02 Å². The molecule has 6 nitrogen and oxygen atoms in total. The van der Waals surface area contributed by atoms with Crippen LogP contribution in [0.3, 0.4) is 0 Å². The minimum absolute atomic E-state index is 0.0854. The first-order valence-corrected chi connectivity index (χ1v) is 9.98. The van der Waals surface area contributed by atoms with Crippen LogP contribution in [0.5, 0.6) is 5.75 Å². The first-order valence-electron chi connectivity index (χ1n) is 8.12. The van der Waals surface area contributed by atoms with E-state index in [1.807, 2.05) is 6.92 Å². The van der Waals surface area contributed by atoms with Crippen LogP contribution in [-0.4, -0.2) is 28.0 Å². The zero-order valence-corrected chi connectivity index (χ0v) is 16.2. The number of carbonyl (C=O) groups is 1. The lowest BCUT2D eigenvalue weighted by molar-refractivity contribution is 0.0953. The van der Waals surface area contributed by atoms with Crippen molar-refractivity contribution in [3.05, 3.63) is 53.1 Å². The SMILES string of the molecule is CCCCNC(=O)c1cc(NS(=O)(=O)c2ccc(OC)cc2)ccc1Cl. The van der Waals surface area contributed by atoms with Gasteiger partial charge in [-0.1, -0.05) is 24.9 Å². The van der Waals surface area contributed by atoms with Crippen molar-refractivity contribution in [2.75, 3.05) is 18.4 Å². The molecule has 1 amide bonds. The van der Waals surface area contributed by atoms with Gasteiger partial charge >= 0.3 is 0 Å². The van der Waals surface area contributed by atoms with Crippen LogP contribution in [0.4, 0.5) is 5.69 Å². The number of hydrogen-bond acceptors (Lipinski definition) is 4. The molecule has 0 aromatic heterocycles. The van der Waals surface area contributed by atoms with Crippen molar-refractivity contribution < 1.29 is 17.9 Å². The molecule has 2 N–H and O–H groups in total. The fourth-order valence-electron chi connectivity index (χ4n) is 2.21. The second-order valence-corrected chi connectivity index (χ2v) is 7.67. The number of anilines is 1. The molecule has 2 aromatic carbocycles. The van der Waals surface area contributed by atoms with Crippen molar-refractivity contribution in [2.24, 2.45) is 0 Å². The van der Waals surface area contributed by atoms with Crippen LogP contribution in [0.25, 0.3) is 0 Å². The fourth-order valence-corrected chi connectivity index (χ4v) is 3.46. The van der Waals surface area contributed by atoms with Crippen molar-refractivity contribution in [2.45, 2.75) is 24.7 Å². The van der Waals surface area contributed by atoms with Crippen molar-refractivity contribution in [1.82, 2.24) is 5.32 Å². The zero-order valence-electron chi connectivity index (χ0n) is 14.6. The first-order chi connectivity index (χ1) is 12.4. The van der Waals surface area contributed by atoms with E-state index < -0.39 is 10.0 Å². The van der Waals surface area contributed by atoms with E-state index in [2.05, 4.69) is 10.0 Å². The summed E-state index contributed by atoms with van der Waals surface area (Å²) in [6, 6.07) is 10.4. The van der Waals surface area contributed by atoms with Gasteiger partial charge in [-0.2, -0.15) is 0 Å². The number of methoxy groups -OCH3 is 1. The van der Waals surface area contributed by atoms with Crippen LogP contribution < -0.4 is 14.8 Å². The highest BCUT2D eigenvalue weighted by Crippen LogP contribution is 2.24. The van der Waals surface area contributed by atoms with Crippen molar-refractivity contribution in [1.29, 1.82) is 0 Å². The molecule has 0 unspecified atom stereocenters. The number of unbranched alkanes of at least 4 members (excludes halogenated alkanes) is 1. The number of nitrogens with one attached hydrogen (secondary N) is 2. The average molecular weight is 397 g/mol. The Morgan fingerprint density at radius 1 is 1.15 bits per heavy atom. The monoisotopic (exact) mass is 396 g/mol. The summed E-state index contributed by atoms with van der Waals surface area (Å²) < 4.78 is 32.5. The molecule has 0 aliphatic carbocycles. The number of hydrogen-bond donors (Lipinski definition) is 2. The number of amides is 1. The Hall–Kier alpha value is -2.25. The lowest BCUT2D eigenvalue weighted by Gasteiger charge is -2.11. The number of ether oxygens (including phenoxy) is 1. The second kappa shape index (κ2) is 8.91. The quantitative estimate of drug-likeness (QED) is 0.666. The van der Waals surface area contributed by atoms with Gasteiger partial charge in [0.2, 0.25) is 0 Å². The van der Waals surface area contributed by atoms with Gasteiger partial charge in [-0.25, -0.2) is 8.42 Å². The molecule has 0 radical (unpaired) electrons.